The third kappa shape index (κ3) is 5.22. The molecule has 2 unspecified atom stereocenters. The molecule has 0 amide bonds. The third-order valence-electron chi connectivity index (χ3n) is 12.3. The van der Waals surface area contributed by atoms with Gasteiger partial charge in [-0.15, -0.1) is 0 Å². The normalized spacial score (nSPS) is 38.6. The summed E-state index contributed by atoms with van der Waals surface area (Å²) in [5.74, 6) is 5.88. The van der Waals surface area contributed by atoms with Crippen molar-refractivity contribution in [2.45, 2.75) is 111 Å². The lowest BCUT2D eigenvalue weighted by atomic mass is 9.44. The molecule has 3 heteroatoms. The number of hydrogen-bond acceptors (Lipinski definition) is 3. The zero-order valence-corrected chi connectivity index (χ0v) is 24.1. The summed E-state index contributed by atoms with van der Waals surface area (Å²) in [5, 5.41) is 0. The molecule has 4 fully saturated rings. The maximum absolute atomic E-state index is 12.3. The summed E-state index contributed by atoms with van der Waals surface area (Å²) >= 11 is 0. The number of anilines is 1. The van der Waals surface area contributed by atoms with Gasteiger partial charge in [0.25, 0.3) is 0 Å². The molecule has 0 saturated heterocycles. The molecule has 4 saturated carbocycles. The van der Waals surface area contributed by atoms with E-state index in [0.29, 0.717) is 34.6 Å². The molecule has 9 atom stereocenters. The van der Waals surface area contributed by atoms with Crippen LogP contribution >= 0.6 is 0 Å². The first kappa shape index (κ1) is 27.1. The van der Waals surface area contributed by atoms with E-state index in [2.05, 4.69) is 27.7 Å². The second kappa shape index (κ2) is 10.9. The Morgan fingerprint density at radius 1 is 0.919 bits per heavy atom. The predicted molar refractivity (Wildman–Crippen MR) is 153 cm³/mol. The summed E-state index contributed by atoms with van der Waals surface area (Å²) in [7, 11) is 0. The summed E-state index contributed by atoms with van der Waals surface area (Å²) in [6.07, 6.45) is 18.7. The van der Waals surface area contributed by atoms with Crippen molar-refractivity contribution in [2.24, 2.45) is 52.3 Å². The highest BCUT2D eigenvalue weighted by Gasteiger charge is 2.60. The summed E-state index contributed by atoms with van der Waals surface area (Å²) in [5.41, 5.74) is 8.19. The van der Waals surface area contributed by atoms with Gasteiger partial charge in [-0.25, -0.2) is 4.79 Å². The van der Waals surface area contributed by atoms with E-state index in [-0.39, 0.29) is 5.97 Å². The zero-order chi connectivity index (χ0) is 26.2. The van der Waals surface area contributed by atoms with Crippen molar-refractivity contribution in [1.82, 2.24) is 0 Å². The van der Waals surface area contributed by atoms with Crippen LogP contribution in [0.1, 0.15) is 122 Å². The van der Waals surface area contributed by atoms with Gasteiger partial charge in [-0.2, -0.15) is 0 Å². The topological polar surface area (TPSA) is 52.3 Å². The van der Waals surface area contributed by atoms with Crippen LogP contribution in [-0.4, -0.2) is 12.6 Å². The van der Waals surface area contributed by atoms with E-state index in [4.69, 9.17) is 10.5 Å². The fourth-order valence-corrected chi connectivity index (χ4v) is 10.3. The van der Waals surface area contributed by atoms with Crippen molar-refractivity contribution < 1.29 is 9.53 Å². The van der Waals surface area contributed by atoms with Gasteiger partial charge >= 0.3 is 5.97 Å². The molecule has 0 bridgehead atoms. The smallest absolute Gasteiger partial charge is 0.338 e. The van der Waals surface area contributed by atoms with Crippen LogP contribution in [0, 0.1) is 52.3 Å². The van der Waals surface area contributed by atoms with Crippen LogP contribution in [0.3, 0.4) is 0 Å². The number of hydrogen-bond donors (Lipinski definition) is 1. The van der Waals surface area contributed by atoms with Gasteiger partial charge in [0.2, 0.25) is 0 Å². The van der Waals surface area contributed by atoms with E-state index in [1.54, 1.807) is 24.3 Å². The lowest BCUT2D eigenvalue weighted by molar-refractivity contribution is -0.114. The molecule has 37 heavy (non-hydrogen) atoms. The van der Waals surface area contributed by atoms with Crippen LogP contribution in [0.2, 0.25) is 0 Å². The Labute approximate surface area is 226 Å². The third-order valence-corrected chi connectivity index (χ3v) is 12.3. The Morgan fingerprint density at radius 2 is 1.68 bits per heavy atom. The minimum absolute atomic E-state index is 0.239. The molecule has 5 rings (SSSR count). The van der Waals surface area contributed by atoms with Crippen molar-refractivity contribution in [3.05, 3.63) is 29.8 Å². The number of nitrogens with two attached hydrogens (primary N) is 1. The van der Waals surface area contributed by atoms with Gasteiger partial charge in [0.1, 0.15) is 0 Å². The number of benzene rings is 1. The van der Waals surface area contributed by atoms with E-state index < -0.39 is 0 Å². The number of rotatable bonds is 8. The van der Waals surface area contributed by atoms with Gasteiger partial charge in [-0.05, 0) is 134 Å². The summed E-state index contributed by atoms with van der Waals surface area (Å²) in [6, 6.07) is 6.99. The summed E-state index contributed by atoms with van der Waals surface area (Å²) in [4.78, 5) is 12.3. The van der Waals surface area contributed by atoms with E-state index in [1.165, 1.54) is 77.0 Å². The number of esters is 1. The Balaban J connectivity index is 1.10. The van der Waals surface area contributed by atoms with Crippen LogP contribution < -0.4 is 5.73 Å². The second-order valence-corrected chi connectivity index (χ2v) is 14.4. The number of ether oxygens (including phenoxy) is 1. The van der Waals surface area contributed by atoms with Crippen molar-refractivity contribution in [1.29, 1.82) is 0 Å². The molecule has 1 aromatic rings. The molecule has 4 aliphatic carbocycles. The average molecular weight is 508 g/mol. The molecular weight excluding hydrogens is 454 g/mol. The Kier molecular flexibility index (Phi) is 8.00. The first-order chi connectivity index (χ1) is 17.7. The fourth-order valence-electron chi connectivity index (χ4n) is 10.3. The molecule has 4 aliphatic rings. The Bertz CT molecular complexity index is 926. The molecule has 3 nitrogen and oxygen atoms in total. The van der Waals surface area contributed by atoms with Gasteiger partial charge in [0.15, 0.2) is 0 Å². The van der Waals surface area contributed by atoms with Gasteiger partial charge < -0.3 is 10.5 Å². The number of carbonyl (C=O) groups excluding carboxylic acids is 1. The molecular formula is C34H53NO2. The minimum atomic E-state index is -0.239. The number of carbonyl (C=O) groups is 1. The van der Waals surface area contributed by atoms with Crippen molar-refractivity contribution in [3.63, 3.8) is 0 Å². The minimum Gasteiger partial charge on any atom is -0.462 e. The highest BCUT2D eigenvalue weighted by molar-refractivity contribution is 5.89. The number of nitrogen functional groups attached to an aromatic ring is 1. The lowest BCUT2D eigenvalue weighted by Gasteiger charge is -2.61. The average Bonchev–Trinajstić information content (AvgIpc) is 3.24. The zero-order valence-electron chi connectivity index (χ0n) is 24.1. The quantitative estimate of drug-likeness (QED) is 0.282. The van der Waals surface area contributed by atoms with Crippen LogP contribution in [0.15, 0.2) is 24.3 Å². The van der Waals surface area contributed by atoms with Crippen LogP contribution in [0.25, 0.3) is 0 Å². The molecule has 0 spiro atoms. The second-order valence-electron chi connectivity index (χ2n) is 14.4. The predicted octanol–water partition coefficient (Wildman–Crippen LogP) is 8.92. The molecule has 2 N–H and O–H groups in total. The first-order valence-electron chi connectivity index (χ1n) is 15.7. The van der Waals surface area contributed by atoms with Crippen LogP contribution in [-0.2, 0) is 4.74 Å². The molecule has 0 radical (unpaired) electrons. The van der Waals surface area contributed by atoms with Crippen LogP contribution in [0.5, 0.6) is 0 Å². The van der Waals surface area contributed by atoms with Crippen molar-refractivity contribution >= 4 is 11.7 Å². The van der Waals surface area contributed by atoms with E-state index in [0.717, 1.165) is 41.9 Å². The lowest BCUT2D eigenvalue weighted by Crippen LogP contribution is -2.53. The maximum Gasteiger partial charge on any atom is 0.338 e. The van der Waals surface area contributed by atoms with E-state index >= 15 is 0 Å². The standard InChI is InChI=1S/C34H53NO2/c1-23(22-37-32(36)25-11-14-27(35)15-12-25)8-7-9-24(2)29-17-18-30-28-16-13-26-10-5-6-20-33(26,3)31(28)19-21-34(29,30)4/h11-12,14-15,23-24,26,28-31H,5-10,13,16-22,35H2,1-4H3/t23?,24-,26?,28+,29-,30+,31+,33+,34-/m1/s1. The van der Waals surface area contributed by atoms with Crippen LogP contribution in [0.4, 0.5) is 5.69 Å². The van der Waals surface area contributed by atoms with E-state index in [9.17, 15) is 4.79 Å². The summed E-state index contributed by atoms with van der Waals surface area (Å²) < 4.78 is 5.59. The van der Waals surface area contributed by atoms with Crippen molar-refractivity contribution in [3.8, 4) is 0 Å². The SMILES string of the molecule is CC(CCC[C@@H](C)[C@H]1CC[C@H]2[C@@H]3CCC4CCCC[C@]4(C)[C@H]3CC[C@]12C)COC(=O)c1ccc(N)cc1. The molecule has 1 aromatic carbocycles. The molecule has 206 valence electrons. The first-order valence-corrected chi connectivity index (χ1v) is 15.7. The van der Waals surface area contributed by atoms with Gasteiger partial charge in [0.05, 0.1) is 12.2 Å². The summed E-state index contributed by atoms with van der Waals surface area (Å²) in [6.45, 7) is 10.7. The monoisotopic (exact) mass is 507 g/mol. The Hall–Kier alpha value is -1.51. The highest BCUT2D eigenvalue weighted by atomic mass is 16.5. The highest BCUT2D eigenvalue weighted by Crippen LogP contribution is 2.68. The fraction of sp³-hybridized carbons (Fsp3) is 0.794. The van der Waals surface area contributed by atoms with E-state index in [1.807, 2.05) is 0 Å². The molecule has 0 heterocycles. The number of fused-ring (bicyclic) bond motifs is 5. The largest absolute Gasteiger partial charge is 0.462 e. The van der Waals surface area contributed by atoms with Gasteiger partial charge in [-0.3, -0.25) is 0 Å². The molecule has 0 aliphatic heterocycles. The van der Waals surface area contributed by atoms with Crippen molar-refractivity contribution in [2.75, 3.05) is 12.3 Å². The van der Waals surface area contributed by atoms with Gasteiger partial charge in [-0.1, -0.05) is 53.4 Å². The van der Waals surface area contributed by atoms with Gasteiger partial charge in [0, 0.05) is 5.69 Å². The maximum atomic E-state index is 12.3. The Morgan fingerprint density at radius 3 is 2.46 bits per heavy atom. The molecule has 0 aromatic heterocycles.